The molecule has 1 amide bonds. The van der Waals surface area contributed by atoms with E-state index in [1.54, 1.807) is 37.3 Å². The number of ether oxygens (including phenoxy) is 2. The van der Waals surface area contributed by atoms with Crippen molar-refractivity contribution in [2.75, 3.05) is 11.9 Å². The van der Waals surface area contributed by atoms with Crippen LogP contribution < -0.4 is 10.1 Å². The van der Waals surface area contributed by atoms with Gasteiger partial charge in [-0.25, -0.2) is 4.79 Å². The molecule has 0 aromatic heterocycles. The van der Waals surface area contributed by atoms with Gasteiger partial charge in [-0.05, 0) is 62.2 Å². The average Bonchev–Trinajstić information content (AvgIpc) is 2.60. The minimum absolute atomic E-state index is 0.373. The predicted octanol–water partition coefficient (Wildman–Crippen LogP) is 3.97. The molecular weight excluding hydrogens is 318 g/mol. The van der Waals surface area contributed by atoms with Gasteiger partial charge in [0.1, 0.15) is 5.75 Å². The molecular formula is C20H23NO4. The Hall–Kier alpha value is -2.82. The number of aryl methyl sites for hydroxylation is 1. The number of rotatable bonds is 7. The third-order valence-electron chi connectivity index (χ3n) is 3.50. The van der Waals surface area contributed by atoms with Crippen molar-refractivity contribution in [1.82, 2.24) is 0 Å². The van der Waals surface area contributed by atoms with Gasteiger partial charge in [0.2, 0.25) is 0 Å². The van der Waals surface area contributed by atoms with Crippen molar-refractivity contribution in [2.24, 2.45) is 0 Å². The van der Waals surface area contributed by atoms with Crippen LogP contribution in [0.25, 0.3) is 0 Å². The van der Waals surface area contributed by atoms with Crippen LogP contribution in [0.3, 0.4) is 0 Å². The first kappa shape index (κ1) is 18.5. The molecule has 1 atom stereocenters. The third-order valence-corrected chi connectivity index (χ3v) is 3.50. The van der Waals surface area contributed by atoms with Crippen LogP contribution in [-0.2, 0) is 9.53 Å². The van der Waals surface area contributed by atoms with Crippen LogP contribution >= 0.6 is 0 Å². The quantitative estimate of drug-likeness (QED) is 0.774. The van der Waals surface area contributed by atoms with Gasteiger partial charge in [-0.15, -0.1) is 0 Å². The Kier molecular flexibility index (Phi) is 6.57. The number of nitrogens with one attached hydrogen (secondary N) is 1. The fraction of sp³-hybridized carbons (Fsp3) is 0.300. The molecule has 0 spiro atoms. The first-order valence-corrected chi connectivity index (χ1v) is 8.31. The zero-order valence-electron chi connectivity index (χ0n) is 14.7. The van der Waals surface area contributed by atoms with Crippen molar-refractivity contribution >= 4 is 17.6 Å². The Labute approximate surface area is 148 Å². The fourth-order valence-electron chi connectivity index (χ4n) is 2.16. The molecule has 132 valence electrons. The topological polar surface area (TPSA) is 64.6 Å². The second-order valence-electron chi connectivity index (χ2n) is 5.78. The normalized spacial score (nSPS) is 11.5. The first-order chi connectivity index (χ1) is 12.0. The third kappa shape index (κ3) is 5.64. The fourth-order valence-corrected chi connectivity index (χ4v) is 2.16. The van der Waals surface area contributed by atoms with E-state index in [0.29, 0.717) is 23.6 Å². The second-order valence-corrected chi connectivity index (χ2v) is 5.78. The van der Waals surface area contributed by atoms with Crippen LogP contribution in [0.15, 0.2) is 48.5 Å². The minimum atomic E-state index is -0.899. The largest absolute Gasteiger partial charge is 0.494 e. The number of carbonyl (C=O) groups excluding carboxylic acids is 2. The van der Waals surface area contributed by atoms with Crippen LogP contribution in [0.5, 0.6) is 5.75 Å². The zero-order valence-corrected chi connectivity index (χ0v) is 14.7. The van der Waals surface area contributed by atoms with E-state index in [-0.39, 0.29) is 5.91 Å². The molecule has 0 aliphatic carbocycles. The Morgan fingerprint density at radius 2 is 1.84 bits per heavy atom. The smallest absolute Gasteiger partial charge is 0.338 e. The number of benzene rings is 2. The zero-order chi connectivity index (χ0) is 18.2. The van der Waals surface area contributed by atoms with Gasteiger partial charge in [-0.1, -0.05) is 19.1 Å². The predicted molar refractivity (Wildman–Crippen MR) is 96.9 cm³/mol. The number of hydrogen-bond donors (Lipinski definition) is 1. The van der Waals surface area contributed by atoms with Gasteiger partial charge in [0.15, 0.2) is 6.10 Å². The molecule has 5 nitrogen and oxygen atoms in total. The van der Waals surface area contributed by atoms with E-state index in [4.69, 9.17) is 9.47 Å². The number of carbonyl (C=O) groups is 2. The lowest BCUT2D eigenvalue weighted by Crippen LogP contribution is -2.30. The molecule has 25 heavy (non-hydrogen) atoms. The van der Waals surface area contributed by atoms with E-state index in [1.165, 1.54) is 0 Å². The van der Waals surface area contributed by atoms with E-state index in [0.717, 1.165) is 12.0 Å². The maximum Gasteiger partial charge on any atom is 0.338 e. The van der Waals surface area contributed by atoms with Crippen molar-refractivity contribution in [3.8, 4) is 5.75 Å². The van der Waals surface area contributed by atoms with E-state index in [9.17, 15) is 9.59 Å². The summed E-state index contributed by atoms with van der Waals surface area (Å²) in [5, 5.41) is 2.74. The lowest BCUT2D eigenvalue weighted by Gasteiger charge is -2.14. The number of esters is 1. The Morgan fingerprint density at radius 1 is 1.12 bits per heavy atom. The Balaban J connectivity index is 1.91. The van der Waals surface area contributed by atoms with E-state index >= 15 is 0 Å². The SMILES string of the molecule is CCCOc1ccc(C(=O)O[C@H](C)C(=O)Nc2cccc(C)c2)cc1. The Bertz CT molecular complexity index is 725. The molecule has 0 saturated heterocycles. The van der Waals surface area contributed by atoms with Crippen LogP contribution in [0.4, 0.5) is 5.69 Å². The highest BCUT2D eigenvalue weighted by atomic mass is 16.5. The molecule has 0 bridgehead atoms. The van der Waals surface area contributed by atoms with Crippen LogP contribution in [0, 0.1) is 6.92 Å². The van der Waals surface area contributed by atoms with Crippen LogP contribution in [0.1, 0.15) is 36.2 Å². The maximum absolute atomic E-state index is 12.2. The van der Waals surface area contributed by atoms with Gasteiger partial charge >= 0.3 is 5.97 Å². The van der Waals surface area contributed by atoms with Crippen molar-refractivity contribution in [3.05, 3.63) is 59.7 Å². The standard InChI is InChI=1S/C20H23NO4/c1-4-12-24-18-10-8-16(9-11-18)20(23)25-15(3)19(22)21-17-7-5-6-14(2)13-17/h5-11,13,15H,4,12H2,1-3H3,(H,21,22)/t15-/m1/s1. The van der Waals surface area contributed by atoms with E-state index in [1.807, 2.05) is 32.0 Å². The van der Waals surface area contributed by atoms with Gasteiger partial charge in [0.25, 0.3) is 5.91 Å². The summed E-state index contributed by atoms with van der Waals surface area (Å²) < 4.78 is 10.7. The number of anilines is 1. The van der Waals surface area contributed by atoms with Crippen LogP contribution in [0.2, 0.25) is 0 Å². The van der Waals surface area contributed by atoms with E-state index in [2.05, 4.69) is 5.32 Å². The highest BCUT2D eigenvalue weighted by Gasteiger charge is 2.19. The summed E-state index contributed by atoms with van der Waals surface area (Å²) >= 11 is 0. The molecule has 0 heterocycles. The summed E-state index contributed by atoms with van der Waals surface area (Å²) in [6, 6.07) is 14.1. The summed E-state index contributed by atoms with van der Waals surface area (Å²) in [7, 11) is 0. The number of hydrogen-bond acceptors (Lipinski definition) is 4. The molecule has 0 aliphatic rings. The lowest BCUT2D eigenvalue weighted by atomic mass is 10.2. The molecule has 0 aliphatic heterocycles. The van der Waals surface area contributed by atoms with Gasteiger partial charge in [0.05, 0.1) is 12.2 Å². The van der Waals surface area contributed by atoms with Gasteiger partial charge in [-0.3, -0.25) is 4.79 Å². The van der Waals surface area contributed by atoms with Gasteiger partial charge in [-0.2, -0.15) is 0 Å². The van der Waals surface area contributed by atoms with Crippen molar-refractivity contribution in [1.29, 1.82) is 0 Å². The highest BCUT2D eigenvalue weighted by Crippen LogP contribution is 2.15. The highest BCUT2D eigenvalue weighted by molar-refractivity contribution is 5.97. The Morgan fingerprint density at radius 3 is 2.48 bits per heavy atom. The molecule has 5 heteroatoms. The average molecular weight is 341 g/mol. The molecule has 2 aromatic carbocycles. The first-order valence-electron chi connectivity index (χ1n) is 8.31. The van der Waals surface area contributed by atoms with Crippen molar-refractivity contribution in [2.45, 2.75) is 33.3 Å². The summed E-state index contributed by atoms with van der Waals surface area (Å²) in [5.74, 6) is -0.223. The molecule has 0 unspecified atom stereocenters. The molecule has 2 aromatic rings. The summed E-state index contributed by atoms with van der Waals surface area (Å²) in [5.41, 5.74) is 2.08. The summed E-state index contributed by atoms with van der Waals surface area (Å²) in [6.45, 7) is 6.13. The molecule has 0 radical (unpaired) electrons. The van der Waals surface area contributed by atoms with Crippen LogP contribution in [-0.4, -0.2) is 24.6 Å². The van der Waals surface area contributed by atoms with E-state index < -0.39 is 12.1 Å². The number of amides is 1. The van der Waals surface area contributed by atoms with Gasteiger partial charge < -0.3 is 14.8 Å². The van der Waals surface area contributed by atoms with Crippen molar-refractivity contribution in [3.63, 3.8) is 0 Å². The molecule has 1 N–H and O–H groups in total. The molecule has 0 saturated carbocycles. The van der Waals surface area contributed by atoms with Crippen molar-refractivity contribution < 1.29 is 19.1 Å². The van der Waals surface area contributed by atoms with Gasteiger partial charge in [0, 0.05) is 5.69 Å². The molecule has 2 rings (SSSR count). The second kappa shape index (κ2) is 8.87. The summed E-state index contributed by atoms with van der Waals surface area (Å²) in [6.07, 6.45) is 0.0150. The lowest BCUT2D eigenvalue weighted by molar-refractivity contribution is -0.123. The molecule has 0 fully saturated rings. The maximum atomic E-state index is 12.2. The monoisotopic (exact) mass is 341 g/mol. The minimum Gasteiger partial charge on any atom is -0.494 e. The summed E-state index contributed by atoms with van der Waals surface area (Å²) in [4.78, 5) is 24.3.